The van der Waals surface area contributed by atoms with Crippen molar-refractivity contribution in [2.24, 2.45) is 11.7 Å². The number of fused-ring (bicyclic) bond motifs is 2. The van der Waals surface area contributed by atoms with Crippen molar-refractivity contribution in [3.05, 3.63) is 63.9 Å². The molecule has 1 aromatic carbocycles. The van der Waals surface area contributed by atoms with Crippen molar-refractivity contribution in [2.75, 3.05) is 18.8 Å². The van der Waals surface area contributed by atoms with Gasteiger partial charge in [0.25, 0.3) is 0 Å². The highest BCUT2D eigenvalue weighted by molar-refractivity contribution is 7.89. The minimum Gasteiger partial charge on any atom is -0.321 e. The first kappa shape index (κ1) is 30.5. The van der Waals surface area contributed by atoms with Gasteiger partial charge in [0.1, 0.15) is 11.6 Å². The van der Waals surface area contributed by atoms with E-state index in [2.05, 4.69) is 10.3 Å². The second kappa shape index (κ2) is 13.1. The first-order valence-corrected chi connectivity index (χ1v) is 16.7. The maximum Gasteiger partial charge on any atom is 0.214 e. The van der Waals surface area contributed by atoms with E-state index in [0.717, 1.165) is 44.7 Å². The summed E-state index contributed by atoms with van der Waals surface area (Å²) in [6.45, 7) is 0.941. The SMILES string of the molecule is N[C@H](C(=O)Cc1cncc(F)c1CC[C@H]1CN[C@@H]2CCCS(=O)(=O)N1C2)[C@@H](c1ccc(Cl)c(F)c1)C1CCCCC1. The molecule has 41 heavy (non-hydrogen) atoms. The number of hydrogen-bond donors (Lipinski definition) is 2. The molecule has 1 unspecified atom stereocenters. The first-order chi connectivity index (χ1) is 19.6. The Morgan fingerprint density at radius 3 is 2.66 bits per heavy atom. The Balaban J connectivity index is 1.34. The summed E-state index contributed by atoms with van der Waals surface area (Å²) in [4.78, 5) is 17.7. The van der Waals surface area contributed by atoms with Crippen molar-refractivity contribution in [2.45, 2.75) is 88.3 Å². The molecule has 5 atom stereocenters. The average Bonchev–Trinajstić information content (AvgIpc) is 3.07. The summed E-state index contributed by atoms with van der Waals surface area (Å²) in [6, 6.07) is 3.57. The third-order valence-electron chi connectivity index (χ3n) is 9.19. The fourth-order valence-corrected chi connectivity index (χ4v) is 8.91. The highest BCUT2D eigenvalue weighted by Crippen LogP contribution is 2.39. The number of Topliss-reactive ketones (excluding diaryl/α,β-unsaturated/α-hetero) is 1. The fraction of sp³-hybridized carbons (Fsp3) is 0.600. The van der Waals surface area contributed by atoms with E-state index in [4.69, 9.17) is 17.3 Å². The zero-order valence-electron chi connectivity index (χ0n) is 23.2. The summed E-state index contributed by atoms with van der Waals surface area (Å²) >= 11 is 5.93. The molecule has 1 saturated carbocycles. The number of halogens is 3. The average molecular weight is 609 g/mol. The zero-order valence-corrected chi connectivity index (χ0v) is 24.8. The number of piperazine rings is 1. The number of ketones is 1. The number of rotatable bonds is 9. The molecular formula is C30H39ClF2N4O3S. The molecule has 2 aliphatic heterocycles. The number of pyridine rings is 1. The third-order valence-corrected chi connectivity index (χ3v) is 11.5. The van der Waals surface area contributed by atoms with Crippen LogP contribution in [0.3, 0.4) is 0 Å². The van der Waals surface area contributed by atoms with E-state index < -0.39 is 27.7 Å². The van der Waals surface area contributed by atoms with Crippen molar-refractivity contribution in [1.29, 1.82) is 0 Å². The quantitative estimate of drug-likeness (QED) is 0.434. The zero-order chi connectivity index (χ0) is 29.1. The van der Waals surface area contributed by atoms with Crippen LogP contribution in [0.5, 0.6) is 0 Å². The van der Waals surface area contributed by atoms with Gasteiger partial charge in [0.15, 0.2) is 5.78 Å². The lowest BCUT2D eigenvalue weighted by molar-refractivity contribution is -0.120. The van der Waals surface area contributed by atoms with Gasteiger partial charge in [-0.25, -0.2) is 17.2 Å². The monoisotopic (exact) mass is 608 g/mol. The van der Waals surface area contributed by atoms with E-state index >= 15 is 4.39 Å². The Kier molecular flexibility index (Phi) is 9.75. The summed E-state index contributed by atoms with van der Waals surface area (Å²) in [5.74, 6) is -1.45. The van der Waals surface area contributed by atoms with Gasteiger partial charge < -0.3 is 11.1 Å². The third kappa shape index (κ3) is 6.99. The van der Waals surface area contributed by atoms with Crippen molar-refractivity contribution in [3.8, 4) is 0 Å². The molecule has 2 bridgehead atoms. The van der Waals surface area contributed by atoms with Gasteiger partial charge in [-0.05, 0) is 73.3 Å². The van der Waals surface area contributed by atoms with Crippen LogP contribution in [0, 0.1) is 17.6 Å². The van der Waals surface area contributed by atoms with Gasteiger partial charge in [-0.1, -0.05) is 36.9 Å². The largest absolute Gasteiger partial charge is 0.321 e. The summed E-state index contributed by atoms with van der Waals surface area (Å²) in [5, 5.41) is 3.46. The molecule has 3 N–H and O–H groups in total. The van der Waals surface area contributed by atoms with Crippen molar-refractivity contribution >= 4 is 27.4 Å². The molecule has 0 radical (unpaired) electrons. The molecule has 3 aliphatic rings. The molecule has 5 rings (SSSR count). The Hall–Kier alpha value is -1.98. The number of hydrogen-bond acceptors (Lipinski definition) is 6. The van der Waals surface area contributed by atoms with Gasteiger partial charge in [0, 0.05) is 43.7 Å². The lowest BCUT2D eigenvalue weighted by Crippen LogP contribution is -2.57. The smallest absolute Gasteiger partial charge is 0.214 e. The lowest BCUT2D eigenvalue weighted by Gasteiger charge is -2.37. The molecule has 7 nitrogen and oxygen atoms in total. The predicted octanol–water partition coefficient (Wildman–Crippen LogP) is 4.51. The van der Waals surface area contributed by atoms with E-state index in [1.54, 1.807) is 10.4 Å². The van der Waals surface area contributed by atoms with Crippen LogP contribution in [0.2, 0.25) is 5.02 Å². The van der Waals surface area contributed by atoms with Crippen LogP contribution in [-0.2, 0) is 27.7 Å². The maximum atomic E-state index is 15.1. The maximum absolute atomic E-state index is 15.1. The predicted molar refractivity (Wildman–Crippen MR) is 155 cm³/mol. The van der Waals surface area contributed by atoms with Crippen molar-refractivity contribution < 1.29 is 22.0 Å². The summed E-state index contributed by atoms with van der Waals surface area (Å²) in [7, 11) is -3.37. The minimum absolute atomic E-state index is 0.0168. The molecule has 0 spiro atoms. The van der Waals surface area contributed by atoms with Crippen LogP contribution in [-0.4, -0.2) is 60.5 Å². The molecule has 0 amide bonds. The number of aromatic nitrogens is 1. The first-order valence-electron chi connectivity index (χ1n) is 14.7. The summed E-state index contributed by atoms with van der Waals surface area (Å²) < 4.78 is 56.9. The summed E-state index contributed by atoms with van der Waals surface area (Å²) in [5.41, 5.74) is 8.11. The Morgan fingerprint density at radius 1 is 1.12 bits per heavy atom. The van der Waals surface area contributed by atoms with E-state index in [1.165, 1.54) is 18.3 Å². The van der Waals surface area contributed by atoms with Gasteiger partial charge >= 0.3 is 0 Å². The Bertz CT molecular complexity index is 1360. The molecule has 3 heterocycles. The topological polar surface area (TPSA) is 105 Å². The normalized spacial score (nSPS) is 26.2. The van der Waals surface area contributed by atoms with E-state index in [1.807, 2.05) is 0 Å². The second-order valence-corrected chi connectivity index (χ2v) is 14.3. The summed E-state index contributed by atoms with van der Waals surface area (Å²) in [6.07, 6.45) is 9.63. The van der Waals surface area contributed by atoms with E-state index in [-0.39, 0.29) is 53.3 Å². The number of carbonyl (C=O) groups excluding carboxylic acids is 1. The Labute approximate surface area is 246 Å². The highest BCUT2D eigenvalue weighted by Gasteiger charge is 2.38. The van der Waals surface area contributed by atoms with Crippen LogP contribution in [0.25, 0.3) is 0 Å². The van der Waals surface area contributed by atoms with Crippen LogP contribution in [0.1, 0.15) is 74.0 Å². The number of nitrogens with zero attached hydrogens (tertiary/aromatic N) is 2. The van der Waals surface area contributed by atoms with Crippen LogP contribution in [0.4, 0.5) is 8.78 Å². The van der Waals surface area contributed by atoms with E-state index in [9.17, 15) is 17.6 Å². The molecule has 2 aromatic rings. The molecular weight excluding hydrogens is 570 g/mol. The standard InChI is InChI=1S/C30H39ClF2N4O3S/c31-25-11-8-20(13-26(25)32)29(19-5-2-1-3-6-19)30(34)28(38)14-21-15-35-17-27(33)24(21)10-9-23-16-36-22-7-4-12-41(39,40)37(23)18-22/h8,11,13,15,17,19,22-23,29-30,36H,1-7,9-10,12,14,16,18,34H2/t22-,23+,29-,30-/m1/s1. The van der Waals surface area contributed by atoms with Crippen molar-refractivity contribution in [1.82, 2.24) is 14.6 Å². The van der Waals surface area contributed by atoms with Gasteiger partial charge in [0.05, 0.1) is 23.0 Å². The molecule has 1 aromatic heterocycles. The van der Waals surface area contributed by atoms with Crippen molar-refractivity contribution in [3.63, 3.8) is 0 Å². The molecule has 3 fully saturated rings. The van der Waals surface area contributed by atoms with Gasteiger partial charge in [-0.3, -0.25) is 9.78 Å². The molecule has 224 valence electrons. The molecule has 1 aliphatic carbocycles. The van der Waals surface area contributed by atoms with Crippen LogP contribution in [0.15, 0.2) is 30.6 Å². The molecule has 11 heteroatoms. The van der Waals surface area contributed by atoms with Gasteiger partial charge in [0.2, 0.25) is 10.0 Å². The fourth-order valence-electron chi connectivity index (χ4n) is 6.98. The number of nitrogens with two attached hydrogens (primary N) is 1. The number of nitrogens with one attached hydrogen (secondary N) is 1. The number of carbonyl (C=O) groups is 1. The van der Waals surface area contributed by atoms with Gasteiger partial charge in [-0.15, -0.1) is 0 Å². The molecule has 2 saturated heterocycles. The highest BCUT2D eigenvalue weighted by atomic mass is 35.5. The van der Waals surface area contributed by atoms with Crippen LogP contribution >= 0.6 is 11.6 Å². The van der Waals surface area contributed by atoms with Crippen LogP contribution < -0.4 is 11.1 Å². The lowest BCUT2D eigenvalue weighted by atomic mass is 9.72. The number of benzene rings is 1. The number of sulfonamides is 1. The second-order valence-electron chi connectivity index (χ2n) is 11.9. The van der Waals surface area contributed by atoms with Gasteiger partial charge in [-0.2, -0.15) is 4.31 Å². The minimum atomic E-state index is -3.37. The Morgan fingerprint density at radius 2 is 1.90 bits per heavy atom. The van der Waals surface area contributed by atoms with E-state index in [0.29, 0.717) is 42.6 Å².